The number of aliphatic hydroxyl groups is 1. The highest BCUT2D eigenvalue weighted by Crippen LogP contribution is 2.26. The van der Waals surface area contributed by atoms with Crippen molar-refractivity contribution in [3.8, 4) is 5.75 Å². The van der Waals surface area contributed by atoms with Crippen LogP contribution in [0.3, 0.4) is 0 Å². The molecule has 0 aliphatic rings. The zero-order chi connectivity index (χ0) is 14.5. The summed E-state index contributed by atoms with van der Waals surface area (Å²) in [5.74, 6) is 0.884. The lowest BCUT2D eigenvalue weighted by atomic mass is 9.88. The summed E-state index contributed by atoms with van der Waals surface area (Å²) in [6, 6.07) is 8.24. The van der Waals surface area contributed by atoms with E-state index in [1.807, 2.05) is 18.2 Å². The van der Waals surface area contributed by atoms with Crippen molar-refractivity contribution in [3.63, 3.8) is 0 Å². The van der Waals surface area contributed by atoms with Gasteiger partial charge < -0.3 is 15.2 Å². The van der Waals surface area contributed by atoms with Gasteiger partial charge in [0.05, 0.1) is 13.7 Å². The van der Waals surface area contributed by atoms with Gasteiger partial charge >= 0.3 is 0 Å². The fraction of sp³-hybridized carbons (Fsp3) is 0.625. The fourth-order valence-corrected chi connectivity index (χ4v) is 2.38. The summed E-state index contributed by atoms with van der Waals surface area (Å²) >= 11 is 0. The van der Waals surface area contributed by atoms with E-state index < -0.39 is 0 Å². The molecule has 0 heterocycles. The monoisotopic (exact) mass is 265 g/mol. The second-order valence-electron chi connectivity index (χ2n) is 6.27. The Morgan fingerprint density at radius 3 is 2.42 bits per heavy atom. The second-order valence-corrected chi connectivity index (χ2v) is 6.27. The van der Waals surface area contributed by atoms with Gasteiger partial charge in [-0.2, -0.15) is 0 Å². The van der Waals surface area contributed by atoms with Crippen molar-refractivity contribution in [2.45, 2.75) is 46.2 Å². The third kappa shape index (κ3) is 5.21. The lowest BCUT2D eigenvalue weighted by Gasteiger charge is -2.28. The van der Waals surface area contributed by atoms with Gasteiger partial charge in [0.25, 0.3) is 0 Å². The van der Waals surface area contributed by atoms with Crippen LogP contribution in [0.5, 0.6) is 5.75 Å². The Bertz CT molecular complexity index is 385. The molecule has 1 aromatic rings. The Labute approximate surface area is 117 Å². The molecule has 108 valence electrons. The molecule has 0 amide bonds. The Morgan fingerprint density at radius 2 is 1.89 bits per heavy atom. The van der Waals surface area contributed by atoms with Crippen molar-refractivity contribution in [1.29, 1.82) is 0 Å². The molecule has 1 aromatic carbocycles. The SMILES string of the molecule is COc1ccccc1C(C)NC(CO)CC(C)(C)C. The van der Waals surface area contributed by atoms with Crippen molar-refractivity contribution in [3.05, 3.63) is 29.8 Å². The number of rotatable bonds is 6. The molecule has 0 spiro atoms. The second kappa shape index (κ2) is 6.92. The summed E-state index contributed by atoms with van der Waals surface area (Å²) in [4.78, 5) is 0. The van der Waals surface area contributed by atoms with E-state index >= 15 is 0 Å². The van der Waals surface area contributed by atoms with Crippen LogP contribution in [-0.2, 0) is 0 Å². The normalized spacial score (nSPS) is 15.1. The van der Waals surface area contributed by atoms with Crippen LogP contribution < -0.4 is 10.1 Å². The summed E-state index contributed by atoms with van der Waals surface area (Å²) in [5, 5.41) is 13.0. The Morgan fingerprint density at radius 1 is 1.26 bits per heavy atom. The van der Waals surface area contributed by atoms with E-state index in [1.54, 1.807) is 7.11 Å². The number of hydrogen-bond acceptors (Lipinski definition) is 3. The molecule has 0 aliphatic heterocycles. The Kier molecular flexibility index (Phi) is 5.83. The van der Waals surface area contributed by atoms with Crippen LogP contribution in [0.25, 0.3) is 0 Å². The van der Waals surface area contributed by atoms with Gasteiger partial charge in [0.1, 0.15) is 5.75 Å². The van der Waals surface area contributed by atoms with Crippen LogP contribution in [0.1, 0.15) is 45.7 Å². The molecule has 0 radical (unpaired) electrons. The van der Waals surface area contributed by atoms with Crippen LogP contribution in [0.2, 0.25) is 0 Å². The topological polar surface area (TPSA) is 41.5 Å². The number of para-hydroxylation sites is 1. The van der Waals surface area contributed by atoms with E-state index in [0.717, 1.165) is 17.7 Å². The zero-order valence-electron chi connectivity index (χ0n) is 12.7. The molecular formula is C16H27NO2. The molecule has 3 nitrogen and oxygen atoms in total. The first kappa shape index (κ1) is 16.0. The summed E-state index contributed by atoms with van der Waals surface area (Å²) < 4.78 is 5.38. The maximum absolute atomic E-state index is 9.52. The third-order valence-electron chi connectivity index (χ3n) is 3.17. The van der Waals surface area contributed by atoms with Crippen LogP contribution in [0.15, 0.2) is 24.3 Å². The van der Waals surface area contributed by atoms with Crippen LogP contribution >= 0.6 is 0 Å². The highest BCUT2D eigenvalue weighted by molar-refractivity contribution is 5.35. The number of methoxy groups -OCH3 is 1. The quantitative estimate of drug-likeness (QED) is 0.830. The number of ether oxygens (including phenoxy) is 1. The van der Waals surface area contributed by atoms with Crippen molar-refractivity contribution in [1.82, 2.24) is 5.32 Å². The summed E-state index contributed by atoms with van der Waals surface area (Å²) in [5.41, 5.74) is 1.32. The molecule has 19 heavy (non-hydrogen) atoms. The Hall–Kier alpha value is -1.06. The van der Waals surface area contributed by atoms with E-state index in [1.165, 1.54) is 0 Å². The highest BCUT2D eigenvalue weighted by Gasteiger charge is 2.21. The van der Waals surface area contributed by atoms with Gasteiger partial charge in [-0.3, -0.25) is 0 Å². The first-order chi connectivity index (χ1) is 8.87. The number of aliphatic hydroxyl groups excluding tert-OH is 1. The van der Waals surface area contributed by atoms with E-state index in [4.69, 9.17) is 4.74 Å². The predicted molar refractivity (Wildman–Crippen MR) is 79.5 cm³/mol. The minimum absolute atomic E-state index is 0.0971. The van der Waals surface area contributed by atoms with Crippen molar-refractivity contribution in [2.24, 2.45) is 5.41 Å². The van der Waals surface area contributed by atoms with Gasteiger partial charge in [-0.25, -0.2) is 0 Å². The molecule has 3 heteroatoms. The molecule has 0 saturated heterocycles. The maximum atomic E-state index is 9.52. The maximum Gasteiger partial charge on any atom is 0.123 e. The molecule has 0 saturated carbocycles. The third-order valence-corrected chi connectivity index (χ3v) is 3.17. The van der Waals surface area contributed by atoms with Crippen molar-refractivity contribution >= 4 is 0 Å². The van der Waals surface area contributed by atoms with E-state index in [-0.39, 0.29) is 24.1 Å². The predicted octanol–water partition coefficient (Wildman–Crippen LogP) is 3.14. The molecule has 2 unspecified atom stereocenters. The molecule has 0 aliphatic carbocycles. The van der Waals surface area contributed by atoms with E-state index in [2.05, 4.69) is 39.1 Å². The van der Waals surface area contributed by atoms with Gasteiger partial charge in [-0.05, 0) is 24.8 Å². The van der Waals surface area contributed by atoms with Gasteiger partial charge in [-0.1, -0.05) is 39.0 Å². The summed E-state index contributed by atoms with van der Waals surface area (Å²) in [6.07, 6.45) is 0.934. The van der Waals surface area contributed by atoms with Crippen LogP contribution in [0.4, 0.5) is 0 Å². The van der Waals surface area contributed by atoms with Gasteiger partial charge in [-0.15, -0.1) is 0 Å². The molecule has 2 N–H and O–H groups in total. The Balaban J connectivity index is 2.74. The van der Waals surface area contributed by atoms with Gasteiger partial charge in [0.2, 0.25) is 0 Å². The standard InChI is InChI=1S/C16H27NO2/c1-12(14-8-6-7-9-15(14)19-5)17-13(11-18)10-16(2,3)4/h6-9,12-13,17-18H,10-11H2,1-5H3. The first-order valence-electron chi connectivity index (χ1n) is 6.87. The molecular weight excluding hydrogens is 238 g/mol. The van der Waals surface area contributed by atoms with Crippen molar-refractivity contribution < 1.29 is 9.84 Å². The molecule has 0 aromatic heterocycles. The molecule has 0 fully saturated rings. The van der Waals surface area contributed by atoms with Crippen LogP contribution in [-0.4, -0.2) is 24.9 Å². The fourth-order valence-electron chi connectivity index (χ4n) is 2.38. The van der Waals surface area contributed by atoms with Gasteiger partial charge in [0.15, 0.2) is 0 Å². The number of nitrogens with one attached hydrogen (secondary N) is 1. The van der Waals surface area contributed by atoms with E-state index in [9.17, 15) is 5.11 Å². The average Bonchev–Trinajstić information content (AvgIpc) is 2.36. The minimum atomic E-state index is 0.0971. The largest absolute Gasteiger partial charge is 0.496 e. The summed E-state index contributed by atoms with van der Waals surface area (Å²) in [6.45, 7) is 8.81. The molecule has 0 bridgehead atoms. The molecule has 1 rings (SSSR count). The first-order valence-corrected chi connectivity index (χ1v) is 6.87. The molecule has 2 atom stereocenters. The average molecular weight is 265 g/mol. The highest BCUT2D eigenvalue weighted by atomic mass is 16.5. The van der Waals surface area contributed by atoms with Crippen LogP contribution in [0, 0.1) is 5.41 Å². The van der Waals surface area contributed by atoms with Gasteiger partial charge in [0, 0.05) is 17.6 Å². The minimum Gasteiger partial charge on any atom is -0.496 e. The van der Waals surface area contributed by atoms with E-state index in [0.29, 0.717) is 0 Å². The number of benzene rings is 1. The zero-order valence-corrected chi connectivity index (χ0v) is 12.7. The lowest BCUT2D eigenvalue weighted by molar-refractivity contribution is 0.190. The van der Waals surface area contributed by atoms with Crippen molar-refractivity contribution in [2.75, 3.05) is 13.7 Å². The summed E-state index contributed by atoms with van der Waals surface area (Å²) in [7, 11) is 1.68. The number of hydrogen-bond donors (Lipinski definition) is 2. The smallest absolute Gasteiger partial charge is 0.123 e. The lowest BCUT2D eigenvalue weighted by Crippen LogP contribution is -2.37.